The average molecular weight is 133 g/mol. The Labute approximate surface area is 61.9 Å². The Kier molecular flexibility index (Phi) is 2.32. The van der Waals surface area contributed by atoms with E-state index in [9.17, 15) is 0 Å². The first-order valence-corrected chi connectivity index (χ1v) is 3.61. The minimum absolute atomic E-state index is 0.347. The average Bonchev–Trinajstić information content (AvgIpc) is 1.95. The summed E-state index contributed by atoms with van der Waals surface area (Å²) in [5, 5.41) is 0. The van der Waals surface area contributed by atoms with Crippen LogP contribution in [0.2, 0.25) is 0 Å². The fourth-order valence-electron chi connectivity index (χ4n) is 0.951. The quantitative estimate of drug-likeness (QED) is 0.591. The summed E-state index contributed by atoms with van der Waals surface area (Å²) in [5.74, 6) is 0. The molecule has 0 heterocycles. The van der Waals surface area contributed by atoms with E-state index in [1.807, 2.05) is 12.1 Å². The lowest BCUT2D eigenvalue weighted by Gasteiger charge is -1.95. The van der Waals surface area contributed by atoms with E-state index in [-0.39, 0.29) is 0 Å². The van der Waals surface area contributed by atoms with E-state index in [0.29, 0.717) is 5.69 Å². The Morgan fingerprint density at radius 3 is 2.30 bits per heavy atom. The van der Waals surface area contributed by atoms with Crippen LogP contribution < -0.4 is 5.73 Å². The number of hydrogen-bond acceptors (Lipinski definition) is 0. The van der Waals surface area contributed by atoms with Crippen LogP contribution in [-0.2, 0) is 6.42 Å². The fraction of sp³-hybridized carbons (Fsp3) is 0.333. The zero-order valence-corrected chi connectivity index (χ0v) is 6.17. The molecule has 0 N–H and O–H groups in total. The molecule has 0 aliphatic carbocycles. The predicted octanol–water partition coefficient (Wildman–Crippen LogP) is 2.34. The van der Waals surface area contributed by atoms with Gasteiger partial charge in [-0.1, -0.05) is 25.5 Å². The second kappa shape index (κ2) is 3.25. The summed E-state index contributed by atoms with van der Waals surface area (Å²) in [7, 11) is 0. The third kappa shape index (κ3) is 1.76. The van der Waals surface area contributed by atoms with E-state index in [1.54, 1.807) is 12.1 Å². The number of rotatable bonds is 2. The van der Waals surface area contributed by atoms with Crippen LogP contribution in [0.15, 0.2) is 24.3 Å². The van der Waals surface area contributed by atoms with E-state index < -0.39 is 0 Å². The molecule has 0 atom stereocenters. The van der Waals surface area contributed by atoms with Crippen molar-refractivity contribution in [3.63, 3.8) is 0 Å². The van der Waals surface area contributed by atoms with E-state index >= 15 is 0 Å². The Balaban J connectivity index is 2.69. The van der Waals surface area contributed by atoms with Crippen LogP contribution in [0.4, 0.5) is 5.69 Å². The van der Waals surface area contributed by atoms with Crippen molar-refractivity contribution in [3.8, 4) is 0 Å². The van der Waals surface area contributed by atoms with Crippen molar-refractivity contribution in [2.45, 2.75) is 19.8 Å². The highest BCUT2D eigenvalue weighted by atomic mass is 14.5. The van der Waals surface area contributed by atoms with Crippen molar-refractivity contribution in [1.29, 1.82) is 0 Å². The molecular weight excluding hydrogens is 122 g/mol. The van der Waals surface area contributed by atoms with Gasteiger partial charge in [-0.3, -0.25) is 0 Å². The van der Waals surface area contributed by atoms with Crippen molar-refractivity contribution in [2.24, 2.45) is 0 Å². The Bertz CT molecular complexity index is 188. The highest BCUT2D eigenvalue weighted by Crippen LogP contribution is 2.07. The Hall–Kier alpha value is -0.980. The van der Waals surface area contributed by atoms with Crippen LogP contribution in [0.25, 0.3) is 0 Å². The van der Waals surface area contributed by atoms with Gasteiger partial charge in [-0.25, -0.2) is 0 Å². The molecule has 0 fully saturated rings. The van der Waals surface area contributed by atoms with E-state index in [2.05, 4.69) is 6.92 Å². The molecule has 1 aromatic rings. The first kappa shape index (κ1) is 7.13. The molecule has 2 radical (unpaired) electrons. The van der Waals surface area contributed by atoms with Crippen molar-refractivity contribution in [2.75, 3.05) is 0 Å². The minimum Gasteiger partial charge on any atom is -0.151 e. The van der Waals surface area contributed by atoms with Gasteiger partial charge >= 0.3 is 0 Å². The number of hydrogen-bond donors (Lipinski definition) is 0. The van der Waals surface area contributed by atoms with Gasteiger partial charge in [0.05, 0.1) is 5.69 Å². The molecule has 1 rings (SSSR count). The molecule has 0 spiro atoms. The van der Waals surface area contributed by atoms with Crippen LogP contribution >= 0.6 is 0 Å². The number of benzene rings is 1. The maximum absolute atomic E-state index is 8.92. The van der Waals surface area contributed by atoms with Crippen molar-refractivity contribution >= 4 is 5.69 Å². The highest BCUT2D eigenvalue weighted by Gasteiger charge is 1.89. The summed E-state index contributed by atoms with van der Waals surface area (Å²) in [6.45, 7) is 2.15. The second-order valence-corrected chi connectivity index (χ2v) is 2.42. The molecular formula is C9H11N. The monoisotopic (exact) mass is 133 g/mol. The highest BCUT2D eigenvalue weighted by molar-refractivity contribution is 5.35. The van der Waals surface area contributed by atoms with Gasteiger partial charge in [0.15, 0.2) is 0 Å². The summed E-state index contributed by atoms with van der Waals surface area (Å²) < 4.78 is 0. The van der Waals surface area contributed by atoms with Crippen LogP contribution in [0.3, 0.4) is 0 Å². The normalized spacial score (nSPS) is 9.70. The van der Waals surface area contributed by atoms with Crippen LogP contribution in [0, 0.1) is 0 Å². The van der Waals surface area contributed by atoms with Crippen LogP contribution in [0.1, 0.15) is 18.9 Å². The van der Waals surface area contributed by atoms with Crippen LogP contribution in [-0.4, -0.2) is 0 Å². The Morgan fingerprint density at radius 2 is 1.80 bits per heavy atom. The third-order valence-corrected chi connectivity index (χ3v) is 1.48. The maximum Gasteiger partial charge on any atom is 0.0857 e. The molecule has 0 aromatic heterocycles. The molecule has 0 bridgehead atoms. The molecule has 0 aliphatic heterocycles. The number of aryl methyl sites for hydroxylation is 1. The first-order chi connectivity index (χ1) is 4.83. The summed E-state index contributed by atoms with van der Waals surface area (Å²) in [5.41, 5.74) is 10.6. The summed E-state index contributed by atoms with van der Waals surface area (Å²) in [6, 6.07) is 7.37. The van der Waals surface area contributed by atoms with Gasteiger partial charge in [-0.05, 0) is 24.1 Å². The molecule has 1 aromatic carbocycles. The Morgan fingerprint density at radius 1 is 1.20 bits per heavy atom. The van der Waals surface area contributed by atoms with E-state index in [0.717, 1.165) is 12.8 Å². The molecule has 10 heavy (non-hydrogen) atoms. The minimum atomic E-state index is 0.347. The zero-order valence-electron chi connectivity index (χ0n) is 6.17. The van der Waals surface area contributed by atoms with Crippen molar-refractivity contribution < 1.29 is 0 Å². The molecule has 1 heteroatoms. The van der Waals surface area contributed by atoms with Gasteiger partial charge in [-0.2, -0.15) is 5.73 Å². The lowest BCUT2D eigenvalue weighted by molar-refractivity contribution is 0.922. The van der Waals surface area contributed by atoms with E-state index in [4.69, 9.17) is 5.73 Å². The second-order valence-electron chi connectivity index (χ2n) is 2.42. The van der Waals surface area contributed by atoms with Gasteiger partial charge in [0.1, 0.15) is 0 Å². The van der Waals surface area contributed by atoms with Gasteiger partial charge < -0.3 is 0 Å². The summed E-state index contributed by atoms with van der Waals surface area (Å²) in [6.07, 6.45) is 2.26. The smallest absolute Gasteiger partial charge is 0.0857 e. The maximum atomic E-state index is 8.92. The first-order valence-electron chi connectivity index (χ1n) is 3.61. The lowest BCUT2D eigenvalue weighted by Crippen LogP contribution is -1.80. The van der Waals surface area contributed by atoms with Gasteiger partial charge in [0.25, 0.3) is 0 Å². The summed E-state index contributed by atoms with van der Waals surface area (Å²) >= 11 is 0. The van der Waals surface area contributed by atoms with Gasteiger partial charge in [-0.15, -0.1) is 0 Å². The SMILES string of the molecule is CCCc1ccc([N])cc1. The zero-order chi connectivity index (χ0) is 7.40. The molecule has 1 nitrogen and oxygen atoms in total. The molecule has 0 aliphatic rings. The van der Waals surface area contributed by atoms with E-state index in [1.165, 1.54) is 5.56 Å². The molecule has 0 saturated carbocycles. The third-order valence-electron chi connectivity index (χ3n) is 1.48. The van der Waals surface area contributed by atoms with Crippen molar-refractivity contribution in [1.82, 2.24) is 5.73 Å². The van der Waals surface area contributed by atoms with Crippen LogP contribution in [0.5, 0.6) is 0 Å². The largest absolute Gasteiger partial charge is 0.151 e. The topological polar surface area (TPSA) is 22.3 Å². The lowest BCUT2D eigenvalue weighted by atomic mass is 10.1. The fourth-order valence-corrected chi connectivity index (χ4v) is 0.951. The number of nitrogens with zero attached hydrogens (tertiary/aromatic N) is 1. The molecule has 0 amide bonds. The predicted molar refractivity (Wildman–Crippen MR) is 42.2 cm³/mol. The standard InChI is InChI=1S/C9H11N/c1-2-3-8-4-6-9(10)7-5-8/h4-7H,2-3H2,1H3. The molecule has 0 saturated heterocycles. The van der Waals surface area contributed by atoms with Crippen molar-refractivity contribution in [3.05, 3.63) is 29.8 Å². The van der Waals surface area contributed by atoms with Gasteiger partial charge in [0.2, 0.25) is 0 Å². The summed E-state index contributed by atoms with van der Waals surface area (Å²) in [4.78, 5) is 0. The van der Waals surface area contributed by atoms with Gasteiger partial charge in [0, 0.05) is 0 Å². The molecule has 0 unspecified atom stereocenters. The molecule has 52 valence electrons.